The summed E-state index contributed by atoms with van der Waals surface area (Å²) in [5, 5.41) is 0. The third kappa shape index (κ3) is 2.07. The molecule has 20 heavy (non-hydrogen) atoms. The number of benzene rings is 1. The van der Waals surface area contributed by atoms with Crippen LogP contribution in [0.4, 0.5) is 14.6 Å². The molecule has 0 saturated heterocycles. The number of halogens is 2. The Morgan fingerprint density at radius 1 is 1.30 bits per heavy atom. The first kappa shape index (κ1) is 13.1. The standard InChI is InChI=1S/C15H17F2N3/c1-2-8-20-14(18)13(19-15(20)9-6-7-9)12-10(16)4-3-5-11(12)17/h3-5,9H,2,6-8,18H2,1H3. The Labute approximate surface area is 116 Å². The summed E-state index contributed by atoms with van der Waals surface area (Å²) in [5.74, 6) is 0.354. The highest BCUT2D eigenvalue weighted by molar-refractivity contribution is 5.72. The number of imidazole rings is 1. The topological polar surface area (TPSA) is 43.8 Å². The molecule has 0 radical (unpaired) electrons. The average Bonchev–Trinajstić information content (AvgIpc) is 3.20. The predicted molar refractivity (Wildman–Crippen MR) is 74.3 cm³/mol. The van der Waals surface area contributed by atoms with Crippen LogP contribution in [0.1, 0.15) is 37.9 Å². The summed E-state index contributed by atoms with van der Waals surface area (Å²) in [6.45, 7) is 2.76. The molecule has 5 heteroatoms. The van der Waals surface area contributed by atoms with Gasteiger partial charge in [0.05, 0.1) is 5.56 Å². The Hall–Kier alpha value is -1.91. The van der Waals surface area contributed by atoms with E-state index >= 15 is 0 Å². The quantitative estimate of drug-likeness (QED) is 0.926. The fraction of sp³-hybridized carbons (Fsp3) is 0.400. The Morgan fingerprint density at radius 2 is 1.95 bits per heavy atom. The molecule has 1 aliphatic carbocycles. The summed E-state index contributed by atoms with van der Waals surface area (Å²) in [6, 6.07) is 3.80. The van der Waals surface area contributed by atoms with E-state index in [1.54, 1.807) is 0 Å². The number of nitrogen functional groups attached to an aromatic ring is 1. The van der Waals surface area contributed by atoms with Crippen LogP contribution < -0.4 is 5.73 Å². The van der Waals surface area contributed by atoms with Crippen molar-refractivity contribution >= 4 is 5.82 Å². The lowest BCUT2D eigenvalue weighted by Crippen LogP contribution is -2.06. The number of rotatable bonds is 4. The van der Waals surface area contributed by atoms with Crippen molar-refractivity contribution in [2.75, 3.05) is 5.73 Å². The predicted octanol–water partition coefficient (Wildman–Crippen LogP) is 3.70. The minimum absolute atomic E-state index is 0.123. The number of hydrogen-bond donors (Lipinski definition) is 1. The van der Waals surface area contributed by atoms with Crippen LogP contribution in [0.5, 0.6) is 0 Å². The minimum atomic E-state index is -0.625. The van der Waals surface area contributed by atoms with Crippen LogP contribution in [0.25, 0.3) is 11.3 Å². The maximum Gasteiger partial charge on any atom is 0.135 e. The Morgan fingerprint density at radius 3 is 2.50 bits per heavy atom. The molecule has 1 aromatic carbocycles. The van der Waals surface area contributed by atoms with Crippen molar-refractivity contribution in [1.29, 1.82) is 0 Å². The van der Waals surface area contributed by atoms with Gasteiger partial charge in [-0.2, -0.15) is 0 Å². The first-order valence-corrected chi connectivity index (χ1v) is 6.93. The molecule has 0 atom stereocenters. The van der Waals surface area contributed by atoms with Crippen molar-refractivity contribution in [2.24, 2.45) is 0 Å². The third-order valence-corrected chi connectivity index (χ3v) is 3.63. The molecule has 1 saturated carbocycles. The first-order chi connectivity index (χ1) is 9.63. The number of anilines is 1. The van der Waals surface area contributed by atoms with Crippen LogP contribution in [-0.2, 0) is 6.54 Å². The summed E-state index contributed by atoms with van der Waals surface area (Å²) in [6.07, 6.45) is 3.04. The second kappa shape index (κ2) is 4.89. The number of hydrogen-bond acceptors (Lipinski definition) is 2. The monoisotopic (exact) mass is 277 g/mol. The van der Waals surface area contributed by atoms with E-state index in [1.165, 1.54) is 18.2 Å². The van der Waals surface area contributed by atoms with Crippen molar-refractivity contribution in [3.05, 3.63) is 35.7 Å². The van der Waals surface area contributed by atoms with E-state index < -0.39 is 11.6 Å². The van der Waals surface area contributed by atoms with Gasteiger partial charge < -0.3 is 10.3 Å². The normalized spacial score (nSPS) is 14.8. The summed E-state index contributed by atoms with van der Waals surface area (Å²) in [7, 11) is 0. The average molecular weight is 277 g/mol. The molecule has 0 aliphatic heterocycles. The SMILES string of the molecule is CCCn1c(C2CC2)nc(-c2c(F)cccc2F)c1N. The molecule has 2 N–H and O–H groups in total. The maximum absolute atomic E-state index is 13.9. The van der Waals surface area contributed by atoms with Gasteiger partial charge in [0, 0.05) is 12.5 Å². The van der Waals surface area contributed by atoms with E-state index in [0.29, 0.717) is 11.7 Å². The second-order valence-electron chi connectivity index (χ2n) is 5.23. The van der Waals surface area contributed by atoms with Crippen molar-refractivity contribution in [2.45, 2.75) is 38.6 Å². The summed E-state index contributed by atoms with van der Waals surface area (Å²) in [4.78, 5) is 4.44. The van der Waals surface area contributed by atoms with Gasteiger partial charge >= 0.3 is 0 Å². The zero-order chi connectivity index (χ0) is 14.3. The Kier molecular flexibility index (Phi) is 3.20. The summed E-state index contributed by atoms with van der Waals surface area (Å²) < 4.78 is 29.7. The Bertz CT molecular complexity index is 625. The van der Waals surface area contributed by atoms with E-state index in [-0.39, 0.29) is 11.3 Å². The van der Waals surface area contributed by atoms with Crippen molar-refractivity contribution < 1.29 is 8.78 Å². The molecule has 3 nitrogen and oxygen atoms in total. The van der Waals surface area contributed by atoms with Gasteiger partial charge in [-0.25, -0.2) is 13.8 Å². The summed E-state index contributed by atoms with van der Waals surface area (Å²) in [5.41, 5.74) is 6.20. The Balaban J connectivity index is 2.16. The van der Waals surface area contributed by atoms with Crippen LogP contribution in [0.2, 0.25) is 0 Å². The van der Waals surface area contributed by atoms with E-state index in [0.717, 1.165) is 31.6 Å². The van der Waals surface area contributed by atoms with Crippen molar-refractivity contribution in [3.8, 4) is 11.3 Å². The highest BCUT2D eigenvalue weighted by atomic mass is 19.1. The highest BCUT2D eigenvalue weighted by Crippen LogP contribution is 2.42. The number of nitrogens with zero attached hydrogens (tertiary/aromatic N) is 2. The second-order valence-corrected chi connectivity index (χ2v) is 5.23. The van der Waals surface area contributed by atoms with Gasteiger partial charge in [0.25, 0.3) is 0 Å². The van der Waals surface area contributed by atoms with E-state index in [1.807, 2.05) is 11.5 Å². The maximum atomic E-state index is 13.9. The molecule has 1 fully saturated rings. The van der Waals surface area contributed by atoms with Crippen LogP contribution in [0.15, 0.2) is 18.2 Å². The first-order valence-electron chi connectivity index (χ1n) is 6.93. The fourth-order valence-corrected chi connectivity index (χ4v) is 2.50. The summed E-state index contributed by atoms with van der Waals surface area (Å²) >= 11 is 0. The van der Waals surface area contributed by atoms with Gasteiger partial charge in [-0.1, -0.05) is 13.0 Å². The molecule has 0 amide bonds. The lowest BCUT2D eigenvalue weighted by molar-refractivity contribution is 0.589. The van der Waals surface area contributed by atoms with E-state index in [2.05, 4.69) is 4.98 Å². The van der Waals surface area contributed by atoms with Gasteiger partial charge in [0.1, 0.15) is 29.0 Å². The molecular formula is C15H17F2N3. The molecular weight excluding hydrogens is 260 g/mol. The fourth-order valence-electron chi connectivity index (χ4n) is 2.50. The largest absolute Gasteiger partial charge is 0.383 e. The zero-order valence-corrected chi connectivity index (χ0v) is 11.4. The lowest BCUT2D eigenvalue weighted by Gasteiger charge is -2.07. The molecule has 106 valence electrons. The molecule has 0 spiro atoms. The molecule has 1 aromatic heterocycles. The highest BCUT2D eigenvalue weighted by Gasteiger charge is 2.31. The lowest BCUT2D eigenvalue weighted by atomic mass is 10.1. The van der Waals surface area contributed by atoms with Crippen molar-refractivity contribution in [1.82, 2.24) is 9.55 Å². The van der Waals surface area contributed by atoms with Crippen LogP contribution in [-0.4, -0.2) is 9.55 Å². The molecule has 1 heterocycles. The van der Waals surface area contributed by atoms with Crippen LogP contribution in [0.3, 0.4) is 0 Å². The van der Waals surface area contributed by atoms with Gasteiger partial charge in [-0.3, -0.25) is 0 Å². The molecule has 0 unspecified atom stereocenters. The molecule has 0 bridgehead atoms. The van der Waals surface area contributed by atoms with Gasteiger partial charge in [-0.15, -0.1) is 0 Å². The molecule has 3 rings (SSSR count). The van der Waals surface area contributed by atoms with E-state index in [9.17, 15) is 8.78 Å². The molecule has 1 aliphatic rings. The zero-order valence-electron chi connectivity index (χ0n) is 11.4. The third-order valence-electron chi connectivity index (χ3n) is 3.63. The minimum Gasteiger partial charge on any atom is -0.383 e. The van der Waals surface area contributed by atoms with Gasteiger partial charge in [0.2, 0.25) is 0 Å². The molecule has 2 aromatic rings. The van der Waals surface area contributed by atoms with Gasteiger partial charge in [-0.05, 0) is 31.4 Å². The number of nitrogens with two attached hydrogens (primary N) is 1. The van der Waals surface area contributed by atoms with E-state index in [4.69, 9.17) is 5.73 Å². The van der Waals surface area contributed by atoms with Gasteiger partial charge in [0.15, 0.2) is 0 Å². The van der Waals surface area contributed by atoms with Crippen LogP contribution >= 0.6 is 0 Å². The smallest absolute Gasteiger partial charge is 0.135 e. The van der Waals surface area contributed by atoms with Crippen LogP contribution in [0, 0.1) is 11.6 Å². The number of aromatic nitrogens is 2. The van der Waals surface area contributed by atoms with Crippen molar-refractivity contribution in [3.63, 3.8) is 0 Å².